The second-order valence-corrected chi connectivity index (χ2v) is 3.01. The number of fused-ring (bicyclic) bond motifs is 1. The molecule has 0 spiro atoms. The van der Waals surface area contributed by atoms with Gasteiger partial charge in [-0.05, 0) is 20.8 Å². The predicted octanol–water partition coefficient (Wildman–Crippen LogP) is 1.35. The average Bonchev–Trinajstić information content (AvgIpc) is 2.06. The Bertz CT molecular complexity index is 464. The van der Waals surface area contributed by atoms with E-state index in [2.05, 4.69) is 19.9 Å². The van der Waals surface area contributed by atoms with Crippen molar-refractivity contribution in [3.63, 3.8) is 0 Å². The van der Waals surface area contributed by atoms with Crippen LogP contribution >= 0.6 is 0 Å². The van der Waals surface area contributed by atoms with Crippen molar-refractivity contribution >= 4 is 11.0 Å². The number of rotatable bonds is 0. The van der Waals surface area contributed by atoms with E-state index >= 15 is 0 Å². The van der Waals surface area contributed by atoms with Gasteiger partial charge in [0.15, 0.2) is 0 Å². The van der Waals surface area contributed by atoms with Crippen LogP contribution in [0.2, 0.25) is 0 Å². The topological polar surface area (TPSA) is 51.6 Å². The molecule has 0 atom stereocenters. The van der Waals surface area contributed by atoms with Crippen LogP contribution in [0.3, 0.4) is 0 Å². The van der Waals surface area contributed by atoms with Gasteiger partial charge in [-0.2, -0.15) is 0 Å². The smallest absolute Gasteiger partial charge is 0.126 e. The van der Waals surface area contributed by atoms with Crippen LogP contribution in [0.25, 0.3) is 11.0 Å². The van der Waals surface area contributed by atoms with Gasteiger partial charge < -0.3 is 0 Å². The first-order valence-corrected chi connectivity index (χ1v) is 4.11. The maximum atomic E-state index is 4.28. The Morgan fingerprint density at radius 3 is 2.46 bits per heavy atom. The van der Waals surface area contributed by atoms with Gasteiger partial charge >= 0.3 is 0 Å². The summed E-state index contributed by atoms with van der Waals surface area (Å²) >= 11 is 0. The molecule has 2 aromatic rings. The van der Waals surface area contributed by atoms with Gasteiger partial charge in [-0.15, -0.1) is 0 Å². The van der Waals surface area contributed by atoms with E-state index in [0.29, 0.717) is 0 Å². The van der Waals surface area contributed by atoms with Gasteiger partial charge in [0, 0.05) is 0 Å². The van der Waals surface area contributed by atoms with Gasteiger partial charge in [-0.25, -0.2) is 19.9 Å². The minimum atomic E-state index is 0.753. The summed E-state index contributed by atoms with van der Waals surface area (Å²) in [7, 11) is 0. The monoisotopic (exact) mass is 174 g/mol. The molecular weight excluding hydrogens is 164 g/mol. The summed E-state index contributed by atoms with van der Waals surface area (Å²) in [6, 6.07) is 0. The first-order chi connectivity index (χ1) is 6.16. The molecular formula is C9H10N4. The fraction of sp³-hybridized carbons (Fsp3) is 0.333. The molecule has 0 amide bonds. The summed E-state index contributed by atoms with van der Waals surface area (Å²) in [6.07, 6.45) is 1.74. The molecule has 0 unspecified atom stereocenters. The Balaban J connectivity index is 2.87. The van der Waals surface area contributed by atoms with E-state index in [1.165, 1.54) is 0 Å². The molecule has 0 N–H and O–H groups in total. The molecule has 0 radical (unpaired) electrons. The number of hydrogen-bond donors (Lipinski definition) is 0. The molecule has 2 rings (SSSR count). The quantitative estimate of drug-likeness (QED) is 0.604. The lowest BCUT2D eigenvalue weighted by Crippen LogP contribution is -1.97. The Labute approximate surface area is 76.1 Å². The zero-order valence-corrected chi connectivity index (χ0v) is 7.87. The van der Waals surface area contributed by atoms with Gasteiger partial charge in [0.25, 0.3) is 0 Å². The summed E-state index contributed by atoms with van der Waals surface area (Å²) < 4.78 is 0. The van der Waals surface area contributed by atoms with E-state index in [1.54, 1.807) is 6.20 Å². The van der Waals surface area contributed by atoms with Crippen molar-refractivity contribution in [2.45, 2.75) is 20.8 Å². The standard InChI is InChI=1S/C9H10N4/c1-5-9-8(12-7(3)11-5)4-10-6(2)13-9/h4H,1-3H3. The van der Waals surface area contributed by atoms with Crippen molar-refractivity contribution in [1.29, 1.82) is 0 Å². The lowest BCUT2D eigenvalue weighted by atomic mass is 10.3. The van der Waals surface area contributed by atoms with E-state index in [-0.39, 0.29) is 0 Å². The van der Waals surface area contributed by atoms with Gasteiger partial charge in [0.05, 0.1) is 11.9 Å². The first-order valence-electron chi connectivity index (χ1n) is 4.11. The maximum Gasteiger partial charge on any atom is 0.126 e. The van der Waals surface area contributed by atoms with Gasteiger partial charge in [-0.3, -0.25) is 0 Å². The van der Waals surface area contributed by atoms with Crippen LogP contribution in [0, 0.1) is 20.8 Å². The number of nitrogens with zero attached hydrogens (tertiary/aromatic N) is 4. The summed E-state index contributed by atoms with van der Waals surface area (Å²) in [5.74, 6) is 1.51. The molecule has 4 heteroatoms. The van der Waals surface area contributed by atoms with E-state index in [0.717, 1.165) is 28.4 Å². The van der Waals surface area contributed by atoms with Crippen molar-refractivity contribution < 1.29 is 0 Å². The van der Waals surface area contributed by atoms with Crippen LogP contribution in [-0.2, 0) is 0 Å². The lowest BCUT2D eigenvalue weighted by molar-refractivity contribution is 1.00. The number of aromatic nitrogens is 4. The highest BCUT2D eigenvalue weighted by Crippen LogP contribution is 2.10. The molecule has 13 heavy (non-hydrogen) atoms. The zero-order chi connectivity index (χ0) is 9.42. The first kappa shape index (κ1) is 8.04. The molecule has 2 aromatic heterocycles. The van der Waals surface area contributed by atoms with Crippen LogP contribution in [0.15, 0.2) is 6.20 Å². The Morgan fingerprint density at radius 2 is 1.69 bits per heavy atom. The summed E-state index contributed by atoms with van der Waals surface area (Å²) in [4.78, 5) is 16.9. The Morgan fingerprint density at radius 1 is 0.923 bits per heavy atom. The van der Waals surface area contributed by atoms with E-state index < -0.39 is 0 Å². The maximum absolute atomic E-state index is 4.28. The summed E-state index contributed by atoms with van der Waals surface area (Å²) in [6.45, 7) is 5.66. The van der Waals surface area contributed by atoms with Crippen molar-refractivity contribution in [3.05, 3.63) is 23.5 Å². The molecule has 66 valence electrons. The molecule has 0 aliphatic rings. The van der Waals surface area contributed by atoms with E-state index in [4.69, 9.17) is 0 Å². The zero-order valence-electron chi connectivity index (χ0n) is 7.87. The average molecular weight is 174 g/mol. The molecule has 0 saturated carbocycles. The second-order valence-electron chi connectivity index (χ2n) is 3.01. The number of hydrogen-bond acceptors (Lipinski definition) is 4. The highest BCUT2D eigenvalue weighted by atomic mass is 15.0. The third-order valence-corrected chi connectivity index (χ3v) is 1.84. The Hall–Kier alpha value is -1.58. The minimum Gasteiger partial charge on any atom is -0.239 e. The molecule has 2 heterocycles. The van der Waals surface area contributed by atoms with Crippen LogP contribution in [0.1, 0.15) is 17.3 Å². The molecule has 0 aliphatic carbocycles. The van der Waals surface area contributed by atoms with Crippen molar-refractivity contribution in [3.8, 4) is 0 Å². The minimum absolute atomic E-state index is 0.753. The molecule has 0 saturated heterocycles. The molecule has 0 aliphatic heterocycles. The highest BCUT2D eigenvalue weighted by Gasteiger charge is 2.03. The molecule has 0 bridgehead atoms. The summed E-state index contributed by atoms with van der Waals surface area (Å²) in [5.41, 5.74) is 2.57. The van der Waals surface area contributed by atoms with Crippen LogP contribution in [-0.4, -0.2) is 19.9 Å². The number of aryl methyl sites for hydroxylation is 3. The third kappa shape index (κ3) is 1.35. The SMILES string of the molecule is Cc1nc(C)c2nc(C)ncc2n1. The van der Waals surface area contributed by atoms with Gasteiger partial charge in [0.2, 0.25) is 0 Å². The van der Waals surface area contributed by atoms with Crippen LogP contribution < -0.4 is 0 Å². The third-order valence-electron chi connectivity index (χ3n) is 1.84. The molecule has 0 aromatic carbocycles. The molecule has 4 nitrogen and oxygen atoms in total. The van der Waals surface area contributed by atoms with Crippen LogP contribution in [0.5, 0.6) is 0 Å². The summed E-state index contributed by atoms with van der Waals surface area (Å²) in [5, 5.41) is 0. The van der Waals surface area contributed by atoms with Crippen molar-refractivity contribution in [2.75, 3.05) is 0 Å². The van der Waals surface area contributed by atoms with Crippen molar-refractivity contribution in [2.24, 2.45) is 0 Å². The van der Waals surface area contributed by atoms with Crippen molar-refractivity contribution in [1.82, 2.24) is 19.9 Å². The Kier molecular flexibility index (Phi) is 1.69. The fourth-order valence-electron chi connectivity index (χ4n) is 1.31. The van der Waals surface area contributed by atoms with Gasteiger partial charge in [-0.1, -0.05) is 0 Å². The highest BCUT2D eigenvalue weighted by molar-refractivity contribution is 5.75. The van der Waals surface area contributed by atoms with Gasteiger partial charge in [0.1, 0.15) is 22.7 Å². The lowest BCUT2D eigenvalue weighted by Gasteiger charge is -2.01. The van der Waals surface area contributed by atoms with E-state index in [1.807, 2.05) is 20.8 Å². The fourth-order valence-corrected chi connectivity index (χ4v) is 1.31. The second kappa shape index (κ2) is 2.73. The van der Waals surface area contributed by atoms with Crippen LogP contribution in [0.4, 0.5) is 0 Å². The predicted molar refractivity (Wildman–Crippen MR) is 49.3 cm³/mol. The normalized spacial score (nSPS) is 10.7. The molecule has 0 fully saturated rings. The largest absolute Gasteiger partial charge is 0.239 e. The van der Waals surface area contributed by atoms with E-state index in [9.17, 15) is 0 Å².